The van der Waals surface area contributed by atoms with Gasteiger partial charge in [0, 0.05) is 5.39 Å². The van der Waals surface area contributed by atoms with Gasteiger partial charge in [0.15, 0.2) is 0 Å². The molecule has 0 saturated carbocycles. The van der Waals surface area contributed by atoms with Crippen LogP contribution in [0.1, 0.15) is 11.7 Å². The van der Waals surface area contributed by atoms with Crippen LogP contribution in [-0.2, 0) is 0 Å². The predicted octanol–water partition coefficient (Wildman–Crippen LogP) is 1.63. The highest BCUT2D eigenvalue weighted by atomic mass is 19.1. The van der Waals surface area contributed by atoms with Crippen molar-refractivity contribution in [2.24, 2.45) is 0 Å². The smallest absolute Gasteiger partial charge is 0.134 e. The van der Waals surface area contributed by atoms with Crippen LogP contribution in [0.4, 0.5) is 4.39 Å². The molecule has 2 unspecified atom stereocenters. The summed E-state index contributed by atoms with van der Waals surface area (Å²) in [7, 11) is 2.20. The standard InChI is InChI=1S/C12H15NO3.CH3F/c1-13-10(7-14)12(15)9-3-2-8-4-5-16-11(8)6-9;1-2/h2-6,10,12-15H,7H2,1H3;1H3. The number of hydrogen-bond donors (Lipinski definition) is 3. The van der Waals surface area contributed by atoms with Gasteiger partial charge in [-0.1, -0.05) is 12.1 Å². The summed E-state index contributed by atoms with van der Waals surface area (Å²) < 4.78 is 14.8. The van der Waals surface area contributed by atoms with Crippen LogP contribution in [0.2, 0.25) is 0 Å². The summed E-state index contributed by atoms with van der Waals surface area (Å²) in [5.74, 6) is 0. The van der Waals surface area contributed by atoms with E-state index >= 15 is 0 Å². The maximum Gasteiger partial charge on any atom is 0.134 e. The summed E-state index contributed by atoms with van der Waals surface area (Å²) in [5, 5.41) is 23.0. The van der Waals surface area contributed by atoms with E-state index in [1.54, 1.807) is 19.4 Å². The third kappa shape index (κ3) is 3.07. The van der Waals surface area contributed by atoms with Gasteiger partial charge in [0.25, 0.3) is 0 Å². The van der Waals surface area contributed by atoms with Crippen molar-refractivity contribution in [3.05, 3.63) is 36.1 Å². The molecule has 0 bridgehead atoms. The number of benzene rings is 1. The molecule has 0 fully saturated rings. The van der Waals surface area contributed by atoms with Crippen LogP contribution in [0.3, 0.4) is 0 Å². The minimum atomic E-state index is -0.746. The fourth-order valence-corrected chi connectivity index (χ4v) is 1.74. The SMILES string of the molecule is CF.CNC(CO)C(O)c1ccc2ccoc2c1. The fraction of sp³-hybridized carbons (Fsp3) is 0.385. The average Bonchev–Trinajstić information content (AvgIpc) is 2.89. The second-order valence-electron chi connectivity index (χ2n) is 3.74. The van der Waals surface area contributed by atoms with E-state index in [1.165, 1.54) is 0 Å². The first-order chi connectivity index (χ1) is 8.76. The molecule has 1 aromatic heterocycles. The minimum Gasteiger partial charge on any atom is -0.464 e. The van der Waals surface area contributed by atoms with E-state index in [2.05, 4.69) is 5.32 Å². The maximum atomic E-state index is 10.0. The summed E-state index contributed by atoms with van der Waals surface area (Å²) in [4.78, 5) is 0. The van der Waals surface area contributed by atoms with Crippen molar-refractivity contribution in [3.63, 3.8) is 0 Å². The van der Waals surface area contributed by atoms with Gasteiger partial charge in [0.2, 0.25) is 0 Å². The number of likely N-dealkylation sites (N-methyl/N-ethyl adjacent to an activating group) is 1. The first kappa shape index (κ1) is 14.6. The van der Waals surface area contributed by atoms with Crippen molar-refractivity contribution in [2.75, 3.05) is 20.8 Å². The van der Waals surface area contributed by atoms with E-state index in [1.807, 2.05) is 18.2 Å². The van der Waals surface area contributed by atoms with E-state index in [9.17, 15) is 9.50 Å². The number of alkyl halides is 1. The molecule has 0 radical (unpaired) electrons. The van der Waals surface area contributed by atoms with E-state index in [4.69, 9.17) is 9.52 Å². The Kier molecular flexibility index (Phi) is 5.77. The molecule has 1 heterocycles. The fourth-order valence-electron chi connectivity index (χ4n) is 1.74. The predicted molar refractivity (Wildman–Crippen MR) is 68.1 cm³/mol. The molecule has 2 rings (SSSR count). The number of aliphatic hydroxyl groups is 2. The summed E-state index contributed by atoms with van der Waals surface area (Å²) in [5.41, 5.74) is 1.47. The van der Waals surface area contributed by atoms with Crippen LogP contribution in [0, 0.1) is 0 Å². The number of nitrogens with one attached hydrogen (secondary N) is 1. The highest BCUT2D eigenvalue weighted by Gasteiger charge is 2.18. The lowest BCUT2D eigenvalue weighted by atomic mass is 10.0. The zero-order valence-corrected chi connectivity index (χ0v) is 10.4. The Morgan fingerprint density at radius 2 is 2.06 bits per heavy atom. The highest BCUT2D eigenvalue weighted by molar-refractivity contribution is 5.77. The molecule has 2 atom stereocenters. The Balaban J connectivity index is 0.000000771. The van der Waals surface area contributed by atoms with Crippen molar-refractivity contribution in [2.45, 2.75) is 12.1 Å². The molecule has 0 spiro atoms. The molecule has 2 aromatic rings. The molecule has 100 valence electrons. The first-order valence-corrected chi connectivity index (χ1v) is 5.57. The monoisotopic (exact) mass is 255 g/mol. The molecule has 0 amide bonds. The second kappa shape index (κ2) is 7.10. The van der Waals surface area contributed by atoms with Crippen molar-refractivity contribution in [1.29, 1.82) is 0 Å². The Hall–Kier alpha value is -1.43. The first-order valence-electron chi connectivity index (χ1n) is 5.57. The van der Waals surface area contributed by atoms with Crippen molar-refractivity contribution >= 4 is 11.0 Å². The zero-order chi connectivity index (χ0) is 13.5. The topological polar surface area (TPSA) is 65.6 Å². The van der Waals surface area contributed by atoms with Crippen LogP contribution < -0.4 is 5.32 Å². The zero-order valence-electron chi connectivity index (χ0n) is 10.4. The van der Waals surface area contributed by atoms with Crippen LogP contribution in [0.25, 0.3) is 11.0 Å². The number of fused-ring (bicyclic) bond motifs is 1. The van der Waals surface area contributed by atoms with E-state index in [0.29, 0.717) is 7.18 Å². The van der Waals surface area contributed by atoms with Crippen LogP contribution >= 0.6 is 0 Å². The maximum absolute atomic E-state index is 10.0. The lowest BCUT2D eigenvalue weighted by Crippen LogP contribution is -2.35. The summed E-state index contributed by atoms with van der Waals surface area (Å²) in [6.45, 7) is -0.117. The van der Waals surface area contributed by atoms with Gasteiger partial charge in [-0.2, -0.15) is 0 Å². The minimum absolute atomic E-state index is 0.117. The van der Waals surface area contributed by atoms with Crippen molar-refractivity contribution < 1.29 is 19.0 Å². The normalized spacial score (nSPS) is 13.8. The number of halogens is 1. The molecule has 1 aromatic carbocycles. The summed E-state index contributed by atoms with van der Waals surface area (Å²) in [6, 6.07) is 7.02. The average molecular weight is 255 g/mol. The summed E-state index contributed by atoms with van der Waals surface area (Å²) in [6.07, 6.45) is 0.868. The Bertz CT molecular complexity index is 468. The molecule has 3 N–H and O–H groups in total. The van der Waals surface area contributed by atoms with Crippen LogP contribution in [0.5, 0.6) is 0 Å². The highest BCUT2D eigenvalue weighted by Crippen LogP contribution is 2.23. The molecule has 0 saturated heterocycles. The molecule has 0 aliphatic carbocycles. The van der Waals surface area contributed by atoms with Crippen molar-refractivity contribution in [3.8, 4) is 0 Å². The molecule has 0 aliphatic rings. The molecule has 18 heavy (non-hydrogen) atoms. The second-order valence-corrected chi connectivity index (χ2v) is 3.74. The number of hydrogen-bond acceptors (Lipinski definition) is 4. The van der Waals surface area contributed by atoms with Gasteiger partial charge in [-0.15, -0.1) is 0 Å². The van der Waals surface area contributed by atoms with Crippen LogP contribution in [-0.4, -0.2) is 37.1 Å². The summed E-state index contributed by atoms with van der Waals surface area (Å²) >= 11 is 0. The number of rotatable bonds is 4. The van der Waals surface area contributed by atoms with Crippen LogP contribution in [0.15, 0.2) is 34.9 Å². The lowest BCUT2D eigenvalue weighted by Gasteiger charge is -2.20. The van der Waals surface area contributed by atoms with Gasteiger partial charge in [-0.25, -0.2) is 0 Å². The van der Waals surface area contributed by atoms with E-state index < -0.39 is 6.10 Å². The van der Waals surface area contributed by atoms with Crippen molar-refractivity contribution in [1.82, 2.24) is 5.32 Å². The van der Waals surface area contributed by atoms with Gasteiger partial charge in [0.1, 0.15) is 5.58 Å². The number of aliphatic hydroxyl groups excluding tert-OH is 2. The lowest BCUT2D eigenvalue weighted by molar-refractivity contribution is 0.0943. The molecular formula is C13H18FNO3. The van der Waals surface area contributed by atoms with E-state index in [-0.39, 0.29) is 12.6 Å². The molecule has 4 nitrogen and oxygen atoms in total. The Morgan fingerprint density at radius 3 is 2.67 bits per heavy atom. The largest absolute Gasteiger partial charge is 0.464 e. The molecule has 5 heteroatoms. The third-order valence-corrected chi connectivity index (χ3v) is 2.77. The van der Waals surface area contributed by atoms with Gasteiger partial charge in [-0.05, 0) is 24.7 Å². The Morgan fingerprint density at radius 1 is 1.33 bits per heavy atom. The van der Waals surface area contributed by atoms with Gasteiger partial charge in [0.05, 0.1) is 32.2 Å². The van der Waals surface area contributed by atoms with Gasteiger partial charge >= 0.3 is 0 Å². The molecular weight excluding hydrogens is 237 g/mol. The van der Waals surface area contributed by atoms with Gasteiger partial charge < -0.3 is 19.9 Å². The van der Waals surface area contributed by atoms with Gasteiger partial charge in [-0.3, -0.25) is 4.39 Å². The number of furan rings is 1. The molecule has 0 aliphatic heterocycles. The third-order valence-electron chi connectivity index (χ3n) is 2.77. The van der Waals surface area contributed by atoms with E-state index in [0.717, 1.165) is 16.5 Å². The quantitative estimate of drug-likeness (QED) is 0.777. The Labute approximate surface area is 105 Å².